The number of aliphatic imine (C=N–C) groups is 1. The maximum absolute atomic E-state index is 11.9. The highest BCUT2D eigenvalue weighted by Crippen LogP contribution is 2.20. The fraction of sp³-hybridized carbons (Fsp3) is 0.286. The summed E-state index contributed by atoms with van der Waals surface area (Å²) in [7, 11) is 5.22. The lowest BCUT2D eigenvalue weighted by Gasteiger charge is -2.07. The van der Waals surface area contributed by atoms with E-state index in [1.54, 1.807) is 26.0 Å². The maximum atomic E-state index is 11.9. The molecule has 100 valence electrons. The van der Waals surface area contributed by atoms with Crippen LogP contribution >= 0.6 is 0 Å². The summed E-state index contributed by atoms with van der Waals surface area (Å²) in [5.41, 5.74) is 2.50. The molecule has 1 heterocycles. The zero-order valence-corrected chi connectivity index (χ0v) is 11.6. The van der Waals surface area contributed by atoms with Gasteiger partial charge in [0, 0.05) is 37.7 Å². The predicted molar refractivity (Wildman–Crippen MR) is 79.0 cm³/mol. The van der Waals surface area contributed by atoms with Crippen molar-refractivity contribution >= 4 is 28.3 Å². The van der Waals surface area contributed by atoms with Gasteiger partial charge in [-0.1, -0.05) is 0 Å². The minimum atomic E-state index is -0.0305. The molecule has 1 aromatic carbocycles. The zero-order valence-electron chi connectivity index (χ0n) is 11.6. The van der Waals surface area contributed by atoms with Crippen molar-refractivity contribution in [3.63, 3.8) is 0 Å². The van der Waals surface area contributed by atoms with Crippen LogP contribution in [-0.4, -0.2) is 42.8 Å². The van der Waals surface area contributed by atoms with Crippen molar-refractivity contribution in [1.82, 2.24) is 9.88 Å². The van der Waals surface area contributed by atoms with E-state index in [-0.39, 0.29) is 5.91 Å². The highest BCUT2D eigenvalue weighted by Gasteiger charge is 2.11. The number of H-pyrrole nitrogens is 1. The van der Waals surface area contributed by atoms with Crippen molar-refractivity contribution < 1.29 is 4.79 Å². The number of amidine groups is 1. The summed E-state index contributed by atoms with van der Waals surface area (Å²) in [5, 5.41) is 4.18. The Hall–Kier alpha value is -2.30. The van der Waals surface area contributed by atoms with E-state index in [0.717, 1.165) is 22.4 Å². The van der Waals surface area contributed by atoms with Crippen LogP contribution in [-0.2, 0) is 0 Å². The van der Waals surface area contributed by atoms with Gasteiger partial charge in [-0.25, -0.2) is 0 Å². The van der Waals surface area contributed by atoms with Crippen LogP contribution in [0.3, 0.4) is 0 Å². The molecule has 0 unspecified atom stereocenters. The lowest BCUT2D eigenvalue weighted by molar-refractivity contribution is 0.0823. The van der Waals surface area contributed by atoms with Crippen LogP contribution in [0.25, 0.3) is 10.9 Å². The number of nitrogens with zero attached hydrogens (tertiary/aromatic N) is 2. The molecule has 1 amide bonds. The summed E-state index contributed by atoms with van der Waals surface area (Å²) in [6.07, 6.45) is 0. The summed E-state index contributed by atoms with van der Waals surface area (Å²) in [6, 6.07) is 7.76. The first-order valence-electron chi connectivity index (χ1n) is 6.06. The molecule has 2 rings (SSSR count). The molecule has 0 fully saturated rings. The van der Waals surface area contributed by atoms with Gasteiger partial charge in [0.1, 0.15) is 5.69 Å². The van der Waals surface area contributed by atoms with Crippen molar-refractivity contribution in [3.8, 4) is 0 Å². The number of hydrogen-bond donors (Lipinski definition) is 2. The average Bonchev–Trinajstić information content (AvgIpc) is 2.80. The standard InChI is InChI=1S/C14H18N4O/c1-9(15-2)16-11-5-6-12-10(7-11)8-13(17-12)14(19)18(3)4/h5-8,17H,1-4H3,(H,15,16). The number of aromatic amines is 1. The van der Waals surface area contributed by atoms with Gasteiger partial charge in [-0.2, -0.15) is 0 Å². The number of amides is 1. The SMILES string of the molecule is CN=C(C)Nc1ccc2[nH]c(C(=O)N(C)C)cc2c1. The van der Waals surface area contributed by atoms with Crippen LogP contribution in [0.5, 0.6) is 0 Å². The van der Waals surface area contributed by atoms with E-state index in [9.17, 15) is 4.79 Å². The van der Waals surface area contributed by atoms with E-state index in [4.69, 9.17) is 0 Å². The Morgan fingerprint density at radius 2 is 2.05 bits per heavy atom. The lowest BCUT2D eigenvalue weighted by Crippen LogP contribution is -2.21. The Morgan fingerprint density at radius 1 is 1.32 bits per heavy atom. The number of carbonyl (C=O) groups excluding carboxylic acids is 1. The Kier molecular flexibility index (Phi) is 3.55. The molecule has 5 nitrogen and oxygen atoms in total. The fourth-order valence-electron chi connectivity index (χ4n) is 1.83. The van der Waals surface area contributed by atoms with Gasteiger partial charge in [0.05, 0.1) is 5.84 Å². The van der Waals surface area contributed by atoms with Gasteiger partial charge in [0.2, 0.25) is 0 Å². The first-order valence-corrected chi connectivity index (χ1v) is 6.06. The third-order valence-corrected chi connectivity index (χ3v) is 2.92. The quantitative estimate of drug-likeness (QED) is 0.641. The molecule has 0 radical (unpaired) electrons. The van der Waals surface area contributed by atoms with E-state index in [0.29, 0.717) is 5.69 Å². The van der Waals surface area contributed by atoms with Crippen molar-refractivity contribution in [3.05, 3.63) is 30.0 Å². The summed E-state index contributed by atoms with van der Waals surface area (Å²) in [4.78, 5) is 20.6. The predicted octanol–water partition coefficient (Wildman–Crippen LogP) is 2.33. The first-order chi connectivity index (χ1) is 9.01. The highest BCUT2D eigenvalue weighted by molar-refractivity contribution is 6.00. The van der Waals surface area contributed by atoms with Crippen molar-refractivity contribution in [2.45, 2.75) is 6.92 Å². The number of carbonyl (C=O) groups is 1. The zero-order chi connectivity index (χ0) is 14.0. The van der Waals surface area contributed by atoms with Gasteiger partial charge in [0.25, 0.3) is 5.91 Å². The second-order valence-corrected chi connectivity index (χ2v) is 4.62. The van der Waals surface area contributed by atoms with Gasteiger partial charge < -0.3 is 15.2 Å². The second-order valence-electron chi connectivity index (χ2n) is 4.62. The Morgan fingerprint density at radius 3 is 2.68 bits per heavy atom. The van der Waals surface area contributed by atoms with Gasteiger partial charge >= 0.3 is 0 Å². The normalized spacial score (nSPS) is 11.7. The monoisotopic (exact) mass is 258 g/mol. The Labute approximate surface area is 112 Å². The number of anilines is 1. The summed E-state index contributed by atoms with van der Waals surface area (Å²) in [5.74, 6) is 0.816. The Balaban J connectivity index is 2.36. The van der Waals surface area contributed by atoms with Gasteiger partial charge in [-0.15, -0.1) is 0 Å². The molecule has 0 spiro atoms. The second kappa shape index (κ2) is 5.14. The molecular weight excluding hydrogens is 240 g/mol. The number of nitrogens with one attached hydrogen (secondary N) is 2. The summed E-state index contributed by atoms with van der Waals surface area (Å²) in [6.45, 7) is 1.91. The molecule has 5 heteroatoms. The molecular formula is C14H18N4O. The highest BCUT2D eigenvalue weighted by atomic mass is 16.2. The van der Waals surface area contributed by atoms with Crippen LogP contribution in [0.2, 0.25) is 0 Å². The van der Waals surface area contributed by atoms with E-state index in [2.05, 4.69) is 15.3 Å². The number of aromatic nitrogens is 1. The third kappa shape index (κ3) is 2.76. The minimum Gasteiger partial charge on any atom is -0.351 e. The number of fused-ring (bicyclic) bond motifs is 1. The lowest BCUT2D eigenvalue weighted by atomic mass is 10.2. The average molecular weight is 258 g/mol. The van der Waals surface area contributed by atoms with Crippen LogP contribution in [0, 0.1) is 0 Å². The largest absolute Gasteiger partial charge is 0.351 e. The molecule has 0 atom stereocenters. The third-order valence-electron chi connectivity index (χ3n) is 2.92. The maximum Gasteiger partial charge on any atom is 0.269 e. The van der Waals surface area contributed by atoms with Crippen LogP contribution in [0.1, 0.15) is 17.4 Å². The molecule has 0 saturated carbocycles. The van der Waals surface area contributed by atoms with Gasteiger partial charge in [-0.3, -0.25) is 9.79 Å². The van der Waals surface area contributed by atoms with Crippen LogP contribution in [0.15, 0.2) is 29.3 Å². The van der Waals surface area contributed by atoms with Crippen LogP contribution in [0.4, 0.5) is 5.69 Å². The van der Waals surface area contributed by atoms with Crippen molar-refractivity contribution in [1.29, 1.82) is 0 Å². The molecule has 0 aliphatic rings. The molecule has 1 aromatic heterocycles. The molecule has 0 aliphatic carbocycles. The van der Waals surface area contributed by atoms with E-state index >= 15 is 0 Å². The number of hydrogen-bond acceptors (Lipinski definition) is 2. The summed E-state index contributed by atoms with van der Waals surface area (Å²) < 4.78 is 0. The topological polar surface area (TPSA) is 60.5 Å². The van der Waals surface area contributed by atoms with Gasteiger partial charge in [0.15, 0.2) is 0 Å². The molecule has 2 aromatic rings. The first kappa shape index (κ1) is 13.1. The molecule has 0 saturated heterocycles. The molecule has 19 heavy (non-hydrogen) atoms. The van der Waals surface area contributed by atoms with Gasteiger partial charge in [-0.05, 0) is 31.2 Å². The Bertz CT molecular complexity index is 640. The van der Waals surface area contributed by atoms with Crippen molar-refractivity contribution in [2.75, 3.05) is 26.5 Å². The number of benzene rings is 1. The van der Waals surface area contributed by atoms with Crippen LogP contribution < -0.4 is 5.32 Å². The van der Waals surface area contributed by atoms with E-state index in [1.165, 1.54) is 0 Å². The minimum absolute atomic E-state index is 0.0305. The van der Waals surface area contributed by atoms with Crippen molar-refractivity contribution in [2.24, 2.45) is 4.99 Å². The van der Waals surface area contributed by atoms with E-state index < -0.39 is 0 Å². The number of rotatable bonds is 2. The molecule has 0 bridgehead atoms. The summed E-state index contributed by atoms with van der Waals surface area (Å²) >= 11 is 0. The fourth-order valence-corrected chi connectivity index (χ4v) is 1.83. The smallest absolute Gasteiger partial charge is 0.269 e. The van der Waals surface area contributed by atoms with E-state index in [1.807, 2.05) is 31.2 Å². The molecule has 0 aliphatic heterocycles. The molecule has 2 N–H and O–H groups in total.